The fourth-order valence-corrected chi connectivity index (χ4v) is 5.69. The Morgan fingerprint density at radius 3 is 2.50 bits per heavy atom. The second-order valence-electron chi connectivity index (χ2n) is 9.25. The summed E-state index contributed by atoms with van der Waals surface area (Å²) >= 11 is 0. The van der Waals surface area contributed by atoms with Crippen molar-refractivity contribution in [2.24, 2.45) is 0 Å². The van der Waals surface area contributed by atoms with E-state index in [1.165, 1.54) is 24.0 Å². The highest BCUT2D eigenvalue weighted by molar-refractivity contribution is 5.82. The van der Waals surface area contributed by atoms with Crippen LogP contribution in [-0.2, 0) is 4.74 Å². The van der Waals surface area contributed by atoms with E-state index in [0.29, 0.717) is 24.0 Å². The summed E-state index contributed by atoms with van der Waals surface area (Å²) in [6, 6.07) is 7.74. The van der Waals surface area contributed by atoms with E-state index >= 15 is 0 Å². The van der Waals surface area contributed by atoms with Crippen molar-refractivity contribution in [3.63, 3.8) is 0 Å². The molecule has 3 saturated heterocycles. The molecule has 2 atom stereocenters. The maximum atomic E-state index is 5.77. The van der Waals surface area contributed by atoms with Crippen LogP contribution >= 0.6 is 0 Å². The van der Waals surface area contributed by atoms with Gasteiger partial charge in [-0.2, -0.15) is 15.1 Å². The summed E-state index contributed by atoms with van der Waals surface area (Å²) in [7, 11) is 1.62. The van der Waals surface area contributed by atoms with Crippen LogP contribution in [0.2, 0.25) is 0 Å². The van der Waals surface area contributed by atoms with Crippen LogP contribution in [0, 0.1) is 6.92 Å². The zero-order chi connectivity index (χ0) is 21.7. The Balaban J connectivity index is 1.44. The molecule has 0 aliphatic carbocycles. The first-order valence-electron chi connectivity index (χ1n) is 11.7. The highest BCUT2D eigenvalue weighted by Gasteiger charge is 2.38. The van der Waals surface area contributed by atoms with Gasteiger partial charge in [-0.25, -0.2) is 4.68 Å². The van der Waals surface area contributed by atoms with Crippen LogP contribution in [0.1, 0.15) is 42.7 Å². The van der Waals surface area contributed by atoms with Crippen LogP contribution in [0.3, 0.4) is 0 Å². The molecule has 8 heteroatoms. The molecule has 5 heterocycles. The molecular formula is C24H30N6O2. The standard InChI is InChI=1S/C24H30N6O2/c1-15-9-17-12-26-30(21(17)10-20(15)16-5-7-25-8-6-16)23-11-22(27-24(28-23)31-2)29-18-3-4-19(29)14-32-13-18/h9-12,16,18-19,25H,3-8,13-14H2,1-2H3. The summed E-state index contributed by atoms with van der Waals surface area (Å²) in [6.45, 7) is 5.88. The Morgan fingerprint density at radius 2 is 1.75 bits per heavy atom. The van der Waals surface area contributed by atoms with Crippen molar-refractivity contribution in [2.75, 3.05) is 38.3 Å². The number of aryl methyl sites for hydroxylation is 1. The lowest BCUT2D eigenvalue weighted by molar-refractivity contribution is 0.0901. The molecule has 2 unspecified atom stereocenters. The van der Waals surface area contributed by atoms with Crippen molar-refractivity contribution >= 4 is 16.7 Å². The third-order valence-electron chi connectivity index (χ3n) is 7.32. The largest absolute Gasteiger partial charge is 0.467 e. The summed E-state index contributed by atoms with van der Waals surface area (Å²) in [5.74, 6) is 2.23. The highest BCUT2D eigenvalue weighted by atomic mass is 16.5. The molecular weight excluding hydrogens is 404 g/mol. The number of morpholine rings is 1. The molecule has 0 amide bonds. The van der Waals surface area contributed by atoms with Crippen molar-refractivity contribution in [1.82, 2.24) is 25.1 Å². The summed E-state index contributed by atoms with van der Waals surface area (Å²) in [4.78, 5) is 11.8. The third-order valence-corrected chi connectivity index (χ3v) is 7.32. The van der Waals surface area contributed by atoms with Crippen molar-refractivity contribution in [1.29, 1.82) is 0 Å². The Kier molecular flexibility index (Phi) is 4.99. The number of rotatable bonds is 4. The smallest absolute Gasteiger partial charge is 0.320 e. The van der Waals surface area contributed by atoms with E-state index in [1.54, 1.807) is 7.11 Å². The molecule has 0 saturated carbocycles. The molecule has 2 bridgehead atoms. The van der Waals surface area contributed by atoms with Crippen molar-refractivity contribution < 1.29 is 9.47 Å². The second-order valence-corrected chi connectivity index (χ2v) is 9.25. The molecule has 3 aliphatic rings. The minimum absolute atomic E-state index is 0.365. The van der Waals surface area contributed by atoms with Crippen molar-refractivity contribution in [3.05, 3.63) is 35.5 Å². The predicted molar refractivity (Wildman–Crippen MR) is 123 cm³/mol. The van der Waals surface area contributed by atoms with Crippen LogP contribution in [0.15, 0.2) is 24.4 Å². The number of nitrogens with zero attached hydrogens (tertiary/aromatic N) is 5. The van der Waals surface area contributed by atoms with E-state index in [0.717, 1.165) is 61.7 Å². The van der Waals surface area contributed by atoms with Gasteiger partial charge in [0.15, 0.2) is 5.82 Å². The third kappa shape index (κ3) is 3.33. The van der Waals surface area contributed by atoms with Gasteiger partial charge in [0.2, 0.25) is 0 Å². The number of benzene rings is 1. The summed E-state index contributed by atoms with van der Waals surface area (Å²) in [5.41, 5.74) is 3.85. The van der Waals surface area contributed by atoms with E-state index < -0.39 is 0 Å². The summed E-state index contributed by atoms with van der Waals surface area (Å²) in [5, 5.41) is 9.33. The van der Waals surface area contributed by atoms with Gasteiger partial charge in [-0.15, -0.1) is 0 Å². The lowest BCUT2D eigenvalue weighted by atomic mass is 9.87. The molecule has 1 aromatic carbocycles. The highest BCUT2D eigenvalue weighted by Crippen LogP contribution is 2.35. The minimum Gasteiger partial charge on any atom is -0.467 e. The first-order valence-corrected chi connectivity index (χ1v) is 11.7. The monoisotopic (exact) mass is 434 g/mol. The average Bonchev–Trinajstić information content (AvgIpc) is 3.35. The Bertz CT molecular complexity index is 1120. The van der Waals surface area contributed by atoms with Gasteiger partial charge in [0.05, 0.1) is 44.1 Å². The number of methoxy groups -OCH3 is 1. The number of anilines is 1. The van der Waals surface area contributed by atoms with E-state index in [2.05, 4.69) is 40.3 Å². The maximum Gasteiger partial charge on any atom is 0.320 e. The molecule has 0 spiro atoms. The van der Waals surface area contributed by atoms with Gasteiger partial charge in [0, 0.05) is 11.5 Å². The van der Waals surface area contributed by atoms with E-state index in [-0.39, 0.29) is 0 Å². The Hall–Kier alpha value is -2.71. The molecule has 3 aromatic rings. The normalized spacial score (nSPS) is 23.8. The number of aromatic nitrogens is 4. The van der Waals surface area contributed by atoms with Gasteiger partial charge in [0.1, 0.15) is 5.82 Å². The van der Waals surface area contributed by atoms with Gasteiger partial charge < -0.3 is 19.7 Å². The number of nitrogens with one attached hydrogen (secondary N) is 1. The molecule has 1 N–H and O–H groups in total. The first-order chi connectivity index (χ1) is 15.7. The number of ether oxygens (including phenoxy) is 2. The average molecular weight is 435 g/mol. The summed E-state index contributed by atoms with van der Waals surface area (Å²) < 4.78 is 13.2. The Morgan fingerprint density at radius 1 is 1.00 bits per heavy atom. The number of hydrogen-bond donors (Lipinski definition) is 1. The summed E-state index contributed by atoms with van der Waals surface area (Å²) in [6.07, 6.45) is 6.55. The van der Waals surface area contributed by atoms with E-state index in [9.17, 15) is 0 Å². The van der Waals surface area contributed by atoms with Crippen LogP contribution < -0.4 is 15.0 Å². The first kappa shape index (κ1) is 19.9. The molecule has 2 aromatic heterocycles. The quantitative estimate of drug-likeness (QED) is 0.676. The minimum atomic E-state index is 0.365. The van der Waals surface area contributed by atoms with Crippen LogP contribution in [-0.4, -0.2) is 65.2 Å². The molecule has 6 rings (SSSR count). The fraction of sp³-hybridized carbons (Fsp3) is 0.542. The zero-order valence-electron chi connectivity index (χ0n) is 18.8. The predicted octanol–water partition coefficient (Wildman–Crippen LogP) is 2.97. The van der Waals surface area contributed by atoms with Gasteiger partial charge in [0.25, 0.3) is 0 Å². The molecule has 3 aliphatic heterocycles. The Labute approximate surface area is 187 Å². The van der Waals surface area contributed by atoms with Gasteiger partial charge in [-0.1, -0.05) is 0 Å². The van der Waals surface area contributed by atoms with Gasteiger partial charge in [-0.3, -0.25) is 0 Å². The van der Waals surface area contributed by atoms with Crippen LogP contribution in [0.5, 0.6) is 6.01 Å². The topological polar surface area (TPSA) is 77.3 Å². The van der Waals surface area contributed by atoms with Crippen molar-refractivity contribution in [3.8, 4) is 11.8 Å². The molecule has 3 fully saturated rings. The molecule has 8 nitrogen and oxygen atoms in total. The maximum absolute atomic E-state index is 5.77. The van der Waals surface area contributed by atoms with Crippen LogP contribution in [0.25, 0.3) is 16.7 Å². The second kappa shape index (κ2) is 8.01. The van der Waals surface area contributed by atoms with E-state index in [4.69, 9.17) is 19.6 Å². The van der Waals surface area contributed by atoms with Gasteiger partial charge in [-0.05, 0) is 74.9 Å². The van der Waals surface area contributed by atoms with Gasteiger partial charge >= 0.3 is 6.01 Å². The SMILES string of the molecule is COc1nc(N2C3CCC2COC3)cc(-n2ncc3cc(C)c(C4CCNCC4)cc32)n1. The number of hydrogen-bond acceptors (Lipinski definition) is 7. The fourth-order valence-electron chi connectivity index (χ4n) is 5.69. The lowest BCUT2D eigenvalue weighted by Crippen LogP contribution is -2.46. The molecule has 0 radical (unpaired) electrons. The van der Waals surface area contributed by atoms with Crippen LogP contribution in [0.4, 0.5) is 5.82 Å². The number of fused-ring (bicyclic) bond motifs is 3. The lowest BCUT2D eigenvalue weighted by Gasteiger charge is -2.35. The molecule has 32 heavy (non-hydrogen) atoms. The molecule has 168 valence electrons. The zero-order valence-corrected chi connectivity index (χ0v) is 18.8. The van der Waals surface area contributed by atoms with E-state index in [1.807, 2.05) is 10.9 Å². The van der Waals surface area contributed by atoms with Crippen molar-refractivity contribution in [2.45, 2.75) is 50.6 Å². The number of piperidine rings is 1.